The summed E-state index contributed by atoms with van der Waals surface area (Å²) in [4.78, 5) is 12.7. The van der Waals surface area contributed by atoms with Gasteiger partial charge in [0.2, 0.25) is 0 Å². The Balaban J connectivity index is 2.14. The van der Waals surface area contributed by atoms with Gasteiger partial charge in [-0.1, -0.05) is 12.1 Å². The molecule has 0 aromatic heterocycles. The summed E-state index contributed by atoms with van der Waals surface area (Å²) < 4.78 is 5.58. The standard InChI is InChI=1S/C13H19N3O3/c1-10-8-15(6-3-7-19-10)9-11-4-2-5-12(13(11)14)16(17)18/h2,4-5,10H,3,6-9,14H2,1H3. The summed E-state index contributed by atoms with van der Waals surface area (Å²) in [6.45, 7) is 5.17. The highest BCUT2D eigenvalue weighted by Gasteiger charge is 2.19. The van der Waals surface area contributed by atoms with Crippen molar-refractivity contribution in [3.8, 4) is 0 Å². The summed E-state index contributed by atoms with van der Waals surface area (Å²) >= 11 is 0. The first-order chi connectivity index (χ1) is 9.08. The number of nitro groups is 1. The molecule has 0 saturated carbocycles. The van der Waals surface area contributed by atoms with Gasteiger partial charge in [-0.3, -0.25) is 15.0 Å². The lowest BCUT2D eigenvalue weighted by Crippen LogP contribution is -2.30. The number of nitrogen functional groups attached to an aromatic ring is 1. The monoisotopic (exact) mass is 265 g/mol. The van der Waals surface area contributed by atoms with Crippen LogP contribution in [0.1, 0.15) is 18.9 Å². The maximum atomic E-state index is 10.9. The van der Waals surface area contributed by atoms with Gasteiger partial charge in [0.1, 0.15) is 5.69 Å². The Morgan fingerprint density at radius 1 is 1.58 bits per heavy atom. The van der Waals surface area contributed by atoms with E-state index in [9.17, 15) is 10.1 Å². The number of hydrogen-bond acceptors (Lipinski definition) is 5. The van der Waals surface area contributed by atoms with E-state index in [-0.39, 0.29) is 17.5 Å². The molecule has 19 heavy (non-hydrogen) atoms. The second-order valence-electron chi connectivity index (χ2n) is 4.88. The van der Waals surface area contributed by atoms with Gasteiger partial charge in [-0.15, -0.1) is 0 Å². The highest BCUT2D eigenvalue weighted by molar-refractivity contribution is 5.62. The molecule has 1 heterocycles. The average Bonchev–Trinajstić information content (AvgIpc) is 2.56. The normalized spacial score (nSPS) is 21.0. The van der Waals surface area contributed by atoms with E-state index in [0.29, 0.717) is 6.54 Å². The van der Waals surface area contributed by atoms with Crippen LogP contribution in [0.5, 0.6) is 0 Å². The fourth-order valence-corrected chi connectivity index (χ4v) is 2.36. The molecule has 1 fully saturated rings. The molecule has 1 saturated heterocycles. The molecule has 6 heteroatoms. The van der Waals surface area contributed by atoms with Crippen molar-refractivity contribution in [2.45, 2.75) is 26.0 Å². The van der Waals surface area contributed by atoms with Crippen LogP contribution in [0.25, 0.3) is 0 Å². The Morgan fingerprint density at radius 3 is 3.11 bits per heavy atom. The molecule has 104 valence electrons. The number of hydrogen-bond donors (Lipinski definition) is 1. The fraction of sp³-hybridized carbons (Fsp3) is 0.538. The van der Waals surface area contributed by atoms with Crippen LogP contribution >= 0.6 is 0 Å². The van der Waals surface area contributed by atoms with Crippen LogP contribution in [-0.2, 0) is 11.3 Å². The van der Waals surface area contributed by atoms with Gasteiger partial charge in [0.25, 0.3) is 5.69 Å². The van der Waals surface area contributed by atoms with Crippen molar-refractivity contribution in [3.63, 3.8) is 0 Å². The lowest BCUT2D eigenvalue weighted by Gasteiger charge is -2.22. The van der Waals surface area contributed by atoms with E-state index in [1.165, 1.54) is 6.07 Å². The van der Waals surface area contributed by atoms with Gasteiger partial charge >= 0.3 is 0 Å². The minimum absolute atomic E-state index is 0.0170. The van der Waals surface area contributed by atoms with Gasteiger partial charge in [-0.2, -0.15) is 0 Å². The van der Waals surface area contributed by atoms with Crippen molar-refractivity contribution >= 4 is 11.4 Å². The molecule has 1 aromatic carbocycles. The Morgan fingerprint density at radius 2 is 2.37 bits per heavy atom. The molecule has 2 N–H and O–H groups in total. The van der Waals surface area contributed by atoms with Crippen LogP contribution in [0.4, 0.5) is 11.4 Å². The second kappa shape index (κ2) is 5.99. The average molecular weight is 265 g/mol. The minimum Gasteiger partial charge on any atom is -0.393 e. The molecular weight excluding hydrogens is 246 g/mol. The van der Waals surface area contributed by atoms with Gasteiger partial charge in [-0.25, -0.2) is 0 Å². The number of benzene rings is 1. The van der Waals surface area contributed by atoms with Gasteiger partial charge in [0, 0.05) is 32.3 Å². The summed E-state index contributed by atoms with van der Waals surface area (Å²) in [5.41, 5.74) is 6.94. The zero-order chi connectivity index (χ0) is 13.8. The quantitative estimate of drug-likeness (QED) is 0.512. The highest BCUT2D eigenvalue weighted by atomic mass is 16.6. The van der Waals surface area contributed by atoms with Crippen LogP contribution in [0.3, 0.4) is 0 Å². The summed E-state index contributed by atoms with van der Waals surface area (Å²) in [5.74, 6) is 0. The maximum absolute atomic E-state index is 10.9. The van der Waals surface area contributed by atoms with E-state index in [1.54, 1.807) is 6.07 Å². The van der Waals surface area contributed by atoms with Gasteiger partial charge in [0.05, 0.1) is 11.0 Å². The molecule has 1 atom stereocenters. The van der Waals surface area contributed by atoms with Crippen LogP contribution < -0.4 is 5.73 Å². The van der Waals surface area contributed by atoms with E-state index in [0.717, 1.165) is 31.7 Å². The predicted molar refractivity (Wildman–Crippen MR) is 72.8 cm³/mol. The van der Waals surface area contributed by atoms with Crippen molar-refractivity contribution in [2.75, 3.05) is 25.4 Å². The summed E-state index contributed by atoms with van der Waals surface area (Å²) in [5, 5.41) is 10.9. The van der Waals surface area contributed by atoms with Crippen LogP contribution in [-0.4, -0.2) is 35.6 Å². The molecule has 0 amide bonds. The highest BCUT2D eigenvalue weighted by Crippen LogP contribution is 2.26. The molecule has 1 aliphatic heterocycles. The molecule has 1 aliphatic rings. The molecule has 1 unspecified atom stereocenters. The molecular formula is C13H19N3O3. The Bertz CT molecular complexity index is 464. The molecule has 0 spiro atoms. The predicted octanol–water partition coefficient (Wildman–Crippen LogP) is 1.79. The SMILES string of the molecule is CC1CN(Cc2cccc([N+](=O)[O-])c2N)CCCO1. The number of nitro benzene ring substituents is 1. The fourth-order valence-electron chi connectivity index (χ4n) is 2.36. The smallest absolute Gasteiger partial charge is 0.292 e. The lowest BCUT2D eigenvalue weighted by atomic mass is 10.1. The van der Waals surface area contributed by atoms with E-state index in [1.807, 2.05) is 13.0 Å². The number of nitrogens with two attached hydrogens (primary N) is 1. The first-order valence-electron chi connectivity index (χ1n) is 6.43. The maximum Gasteiger partial charge on any atom is 0.292 e. The Labute approximate surface area is 112 Å². The van der Waals surface area contributed by atoms with Gasteiger partial charge in [0.15, 0.2) is 0 Å². The first kappa shape index (κ1) is 13.8. The van der Waals surface area contributed by atoms with Crippen LogP contribution in [0, 0.1) is 10.1 Å². The third-order valence-corrected chi connectivity index (χ3v) is 3.30. The number of para-hydroxylation sites is 1. The molecule has 0 bridgehead atoms. The van der Waals surface area contributed by atoms with Crippen molar-refractivity contribution in [1.29, 1.82) is 0 Å². The number of rotatable bonds is 3. The van der Waals surface area contributed by atoms with Gasteiger partial charge in [-0.05, 0) is 18.9 Å². The first-order valence-corrected chi connectivity index (χ1v) is 6.43. The molecule has 0 radical (unpaired) electrons. The third kappa shape index (κ3) is 3.42. The molecule has 6 nitrogen and oxygen atoms in total. The Hall–Kier alpha value is -1.66. The zero-order valence-electron chi connectivity index (χ0n) is 11.0. The molecule has 0 aliphatic carbocycles. The summed E-state index contributed by atoms with van der Waals surface area (Å²) in [7, 11) is 0. The third-order valence-electron chi connectivity index (χ3n) is 3.30. The zero-order valence-corrected chi connectivity index (χ0v) is 11.0. The van der Waals surface area contributed by atoms with Crippen molar-refractivity contribution < 1.29 is 9.66 Å². The lowest BCUT2D eigenvalue weighted by molar-refractivity contribution is -0.384. The largest absolute Gasteiger partial charge is 0.393 e. The number of anilines is 1. The van der Waals surface area contributed by atoms with E-state index < -0.39 is 4.92 Å². The van der Waals surface area contributed by atoms with E-state index >= 15 is 0 Å². The summed E-state index contributed by atoms with van der Waals surface area (Å²) in [6, 6.07) is 4.97. The van der Waals surface area contributed by atoms with Gasteiger partial charge < -0.3 is 10.5 Å². The minimum atomic E-state index is -0.438. The number of nitrogens with zero attached hydrogens (tertiary/aromatic N) is 2. The molecule has 2 rings (SSSR count). The topological polar surface area (TPSA) is 81.6 Å². The van der Waals surface area contributed by atoms with Crippen LogP contribution in [0.2, 0.25) is 0 Å². The summed E-state index contributed by atoms with van der Waals surface area (Å²) in [6.07, 6.45) is 1.15. The van der Waals surface area contributed by atoms with Crippen molar-refractivity contribution in [2.24, 2.45) is 0 Å². The second-order valence-corrected chi connectivity index (χ2v) is 4.88. The Kier molecular flexibility index (Phi) is 4.34. The molecule has 1 aromatic rings. The van der Waals surface area contributed by atoms with Crippen LogP contribution in [0.15, 0.2) is 18.2 Å². The van der Waals surface area contributed by atoms with Crippen molar-refractivity contribution in [3.05, 3.63) is 33.9 Å². The van der Waals surface area contributed by atoms with Crippen molar-refractivity contribution in [1.82, 2.24) is 4.90 Å². The van der Waals surface area contributed by atoms with E-state index in [2.05, 4.69) is 4.90 Å². The van der Waals surface area contributed by atoms with E-state index in [4.69, 9.17) is 10.5 Å². The number of ether oxygens (including phenoxy) is 1.